The molecule has 2 aromatic rings. The third-order valence-electron chi connectivity index (χ3n) is 2.85. The van der Waals surface area contributed by atoms with Gasteiger partial charge in [-0.3, -0.25) is 0 Å². The van der Waals surface area contributed by atoms with Crippen molar-refractivity contribution >= 4 is 40.6 Å². The number of alkyl halides is 3. The van der Waals surface area contributed by atoms with Crippen molar-refractivity contribution in [2.24, 2.45) is 0 Å². The van der Waals surface area contributed by atoms with Crippen molar-refractivity contribution in [2.45, 2.75) is 6.18 Å². The number of urea groups is 1. The molecule has 0 fully saturated rings. The van der Waals surface area contributed by atoms with E-state index in [1.165, 1.54) is 31.4 Å². The largest absolute Gasteiger partial charge is 0.497 e. The Morgan fingerprint density at radius 3 is 2.00 bits per heavy atom. The first-order chi connectivity index (χ1) is 11.2. The highest BCUT2D eigenvalue weighted by atomic mass is 35.5. The summed E-state index contributed by atoms with van der Waals surface area (Å²) in [5, 5.41) is 5.34. The molecule has 0 unspecified atom stereocenters. The summed E-state index contributed by atoms with van der Waals surface area (Å²) in [6, 6.07) is 6.51. The minimum absolute atomic E-state index is 0.0362. The van der Waals surface area contributed by atoms with Crippen LogP contribution in [0.2, 0.25) is 10.0 Å². The van der Waals surface area contributed by atoms with Crippen LogP contribution in [0, 0.1) is 0 Å². The summed E-state index contributed by atoms with van der Waals surface area (Å²) in [5.41, 5.74) is -0.723. The van der Waals surface area contributed by atoms with Crippen LogP contribution in [-0.2, 0) is 6.18 Å². The van der Waals surface area contributed by atoms with Crippen molar-refractivity contribution in [3.63, 3.8) is 0 Å². The second-order valence-corrected chi connectivity index (χ2v) is 5.56. The maximum Gasteiger partial charge on any atom is 0.416 e. The lowest BCUT2D eigenvalue weighted by molar-refractivity contribution is -0.137. The third-order valence-corrected chi connectivity index (χ3v) is 3.28. The normalized spacial score (nSPS) is 11.1. The van der Waals surface area contributed by atoms with E-state index in [2.05, 4.69) is 10.6 Å². The summed E-state index contributed by atoms with van der Waals surface area (Å²) in [4.78, 5) is 11.9. The number of nitrogens with one attached hydrogen (secondary N) is 2. The molecule has 2 amide bonds. The molecule has 0 heterocycles. The molecule has 0 saturated carbocycles. The molecule has 2 aromatic carbocycles. The van der Waals surface area contributed by atoms with E-state index in [4.69, 9.17) is 27.9 Å². The molecule has 0 aliphatic heterocycles. The van der Waals surface area contributed by atoms with E-state index in [1.54, 1.807) is 0 Å². The van der Waals surface area contributed by atoms with Crippen LogP contribution >= 0.6 is 23.2 Å². The second-order valence-electron chi connectivity index (χ2n) is 4.69. The van der Waals surface area contributed by atoms with E-state index in [1.807, 2.05) is 0 Å². The van der Waals surface area contributed by atoms with Crippen molar-refractivity contribution < 1.29 is 22.7 Å². The highest BCUT2D eigenvalue weighted by Crippen LogP contribution is 2.34. The monoisotopic (exact) mass is 378 g/mol. The number of hydrogen-bond donors (Lipinski definition) is 2. The van der Waals surface area contributed by atoms with Gasteiger partial charge in [-0.1, -0.05) is 23.2 Å². The van der Waals surface area contributed by atoms with Crippen LogP contribution in [0.5, 0.6) is 5.75 Å². The highest BCUT2D eigenvalue weighted by molar-refractivity contribution is 6.35. The van der Waals surface area contributed by atoms with Gasteiger partial charge in [0.05, 0.1) is 12.7 Å². The number of amides is 2. The molecule has 0 atom stereocenters. The van der Waals surface area contributed by atoms with Gasteiger partial charge in [0.2, 0.25) is 0 Å². The number of ether oxygens (including phenoxy) is 1. The van der Waals surface area contributed by atoms with Gasteiger partial charge in [-0.15, -0.1) is 0 Å². The van der Waals surface area contributed by atoms with Crippen molar-refractivity contribution in [1.82, 2.24) is 0 Å². The van der Waals surface area contributed by atoms with E-state index in [0.717, 1.165) is 12.1 Å². The molecule has 0 radical (unpaired) electrons. The molecule has 0 bridgehead atoms. The standard InChI is InChI=1S/C15H11Cl2F3N2O2/c1-24-13-3-8(15(18,19)20)2-11(7-13)21-14(23)22-12-5-9(16)4-10(17)6-12/h2-7H,1H3,(H2,21,22,23). The number of carbonyl (C=O) groups is 1. The molecule has 9 heteroatoms. The fourth-order valence-electron chi connectivity index (χ4n) is 1.87. The summed E-state index contributed by atoms with van der Waals surface area (Å²) < 4.78 is 43.3. The van der Waals surface area contributed by atoms with E-state index >= 15 is 0 Å². The van der Waals surface area contributed by atoms with Gasteiger partial charge in [-0.2, -0.15) is 13.2 Å². The van der Waals surface area contributed by atoms with Gasteiger partial charge < -0.3 is 15.4 Å². The number of methoxy groups -OCH3 is 1. The Morgan fingerprint density at radius 2 is 1.50 bits per heavy atom. The lowest BCUT2D eigenvalue weighted by Crippen LogP contribution is -2.20. The van der Waals surface area contributed by atoms with Crippen LogP contribution < -0.4 is 15.4 Å². The number of carbonyl (C=O) groups excluding carboxylic acids is 1. The van der Waals surface area contributed by atoms with Crippen molar-refractivity contribution in [3.05, 3.63) is 52.0 Å². The maximum absolute atomic E-state index is 12.8. The molecular formula is C15H11Cl2F3N2O2. The molecule has 0 spiro atoms. The molecule has 0 saturated heterocycles. The van der Waals surface area contributed by atoms with Crippen LogP contribution in [0.1, 0.15) is 5.56 Å². The Labute approximate surface area is 145 Å². The van der Waals surface area contributed by atoms with Crippen molar-refractivity contribution in [1.29, 1.82) is 0 Å². The number of benzene rings is 2. The average Bonchev–Trinajstić information content (AvgIpc) is 2.44. The third kappa shape index (κ3) is 4.94. The topological polar surface area (TPSA) is 50.4 Å². The molecule has 128 valence electrons. The van der Waals surface area contributed by atoms with Gasteiger partial charge in [0.25, 0.3) is 0 Å². The van der Waals surface area contributed by atoms with Gasteiger partial charge in [-0.05, 0) is 30.3 Å². The Morgan fingerprint density at radius 1 is 0.958 bits per heavy atom. The van der Waals surface area contributed by atoms with Gasteiger partial charge in [0, 0.05) is 27.5 Å². The first kappa shape index (κ1) is 18.2. The highest BCUT2D eigenvalue weighted by Gasteiger charge is 2.31. The average molecular weight is 379 g/mol. The van der Waals surface area contributed by atoms with Crippen LogP contribution in [-0.4, -0.2) is 13.1 Å². The molecule has 0 aliphatic carbocycles. The first-order valence-corrected chi connectivity index (χ1v) is 7.23. The number of halogens is 5. The smallest absolute Gasteiger partial charge is 0.416 e. The Kier molecular flexibility index (Phi) is 5.46. The number of rotatable bonds is 3. The lowest BCUT2D eigenvalue weighted by Gasteiger charge is -2.13. The molecular weight excluding hydrogens is 368 g/mol. The Bertz CT molecular complexity index is 747. The SMILES string of the molecule is COc1cc(NC(=O)Nc2cc(Cl)cc(Cl)c2)cc(C(F)(F)F)c1. The molecule has 2 rings (SSSR count). The lowest BCUT2D eigenvalue weighted by atomic mass is 10.2. The van der Waals surface area contributed by atoms with E-state index in [9.17, 15) is 18.0 Å². The molecule has 0 aliphatic rings. The van der Waals surface area contributed by atoms with Gasteiger partial charge in [0.15, 0.2) is 0 Å². The van der Waals surface area contributed by atoms with Gasteiger partial charge in [0.1, 0.15) is 5.75 Å². The van der Waals surface area contributed by atoms with Crippen LogP contribution in [0.4, 0.5) is 29.3 Å². The minimum atomic E-state index is -4.57. The fraction of sp³-hybridized carbons (Fsp3) is 0.133. The van der Waals surface area contributed by atoms with Crippen molar-refractivity contribution in [2.75, 3.05) is 17.7 Å². The molecule has 2 N–H and O–H groups in total. The first-order valence-electron chi connectivity index (χ1n) is 6.48. The summed E-state index contributed by atoms with van der Waals surface area (Å²) in [5.74, 6) is -0.0362. The molecule has 4 nitrogen and oxygen atoms in total. The van der Waals surface area contributed by atoms with Crippen LogP contribution in [0.15, 0.2) is 36.4 Å². The quantitative estimate of drug-likeness (QED) is 0.723. The Balaban J connectivity index is 2.19. The van der Waals surface area contributed by atoms with E-state index in [0.29, 0.717) is 15.7 Å². The minimum Gasteiger partial charge on any atom is -0.497 e. The van der Waals surface area contributed by atoms with E-state index < -0.39 is 17.8 Å². The number of hydrogen-bond acceptors (Lipinski definition) is 2. The summed E-state index contributed by atoms with van der Waals surface area (Å²) >= 11 is 11.6. The van der Waals surface area contributed by atoms with Crippen molar-refractivity contribution in [3.8, 4) is 5.75 Å². The van der Waals surface area contributed by atoms with Crippen LogP contribution in [0.3, 0.4) is 0 Å². The maximum atomic E-state index is 12.8. The summed E-state index contributed by atoms with van der Waals surface area (Å²) in [6.07, 6.45) is -4.57. The predicted octanol–water partition coefficient (Wildman–Crippen LogP) is 5.66. The van der Waals surface area contributed by atoms with Gasteiger partial charge >= 0.3 is 12.2 Å². The molecule has 0 aromatic heterocycles. The zero-order valence-corrected chi connectivity index (χ0v) is 13.7. The predicted molar refractivity (Wildman–Crippen MR) is 87.1 cm³/mol. The number of anilines is 2. The summed E-state index contributed by atoms with van der Waals surface area (Å²) in [7, 11) is 1.23. The van der Waals surface area contributed by atoms with E-state index in [-0.39, 0.29) is 11.4 Å². The zero-order valence-electron chi connectivity index (χ0n) is 12.2. The zero-order chi connectivity index (χ0) is 17.9. The summed E-state index contributed by atoms with van der Waals surface area (Å²) in [6.45, 7) is 0. The molecule has 24 heavy (non-hydrogen) atoms. The fourth-order valence-corrected chi connectivity index (χ4v) is 2.40. The van der Waals surface area contributed by atoms with Gasteiger partial charge in [-0.25, -0.2) is 4.79 Å². The Hall–Kier alpha value is -2.12. The second kappa shape index (κ2) is 7.19. The van der Waals surface area contributed by atoms with Crippen LogP contribution in [0.25, 0.3) is 0 Å².